The molecule has 0 aromatic heterocycles. The molecule has 0 fully saturated rings. The number of ether oxygens (including phenoxy) is 1. The van der Waals surface area contributed by atoms with Gasteiger partial charge >= 0.3 is 0 Å². The maximum absolute atomic E-state index is 10.7. The van der Waals surface area contributed by atoms with Crippen LogP contribution < -0.4 is 0 Å². The van der Waals surface area contributed by atoms with Crippen molar-refractivity contribution >= 4 is 0 Å². The van der Waals surface area contributed by atoms with Crippen molar-refractivity contribution in [1.82, 2.24) is 0 Å². The Kier molecular flexibility index (Phi) is 20.7. The zero-order chi connectivity index (χ0) is 34.4. The molecule has 47 heavy (non-hydrogen) atoms. The fraction of sp³-hybridized carbons (Fsp3) is 0.700. The summed E-state index contributed by atoms with van der Waals surface area (Å²) in [5.74, 6) is 0. The second-order valence-corrected chi connectivity index (χ2v) is 13.7. The molecule has 0 aliphatic heterocycles. The van der Waals surface area contributed by atoms with Crippen LogP contribution in [0.15, 0.2) is 48.5 Å². The third-order valence-corrected chi connectivity index (χ3v) is 10.0. The van der Waals surface area contributed by atoms with Gasteiger partial charge in [0.15, 0.2) is 0 Å². The van der Waals surface area contributed by atoms with E-state index in [2.05, 4.69) is 13.8 Å². The van der Waals surface area contributed by atoms with E-state index in [1.54, 1.807) is 0 Å². The minimum atomic E-state index is -1.46. The highest BCUT2D eigenvalue weighted by molar-refractivity contribution is 5.34. The zero-order valence-corrected chi connectivity index (χ0v) is 29.4. The normalized spacial score (nSPS) is 13.6. The van der Waals surface area contributed by atoms with Crippen molar-refractivity contribution in [2.45, 2.75) is 129 Å². The molecule has 2 unspecified atom stereocenters. The Morgan fingerprint density at radius 2 is 0.745 bits per heavy atom. The third kappa shape index (κ3) is 12.2. The quantitative estimate of drug-likeness (QED) is 0.0543. The first-order valence-corrected chi connectivity index (χ1v) is 18.4. The summed E-state index contributed by atoms with van der Waals surface area (Å²) in [7, 11) is 0. The second-order valence-electron chi connectivity index (χ2n) is 13.7. The van der Waals surface area contributed by atoms with Crippen molar-refractivity contribution in [3.05, 3.63) is 70.8 Å². The number of hydrogen-bond donors (Lipinski definition) is 6. The monoisotopic (exact) mass is 658 g/mol. The molecule has 2 rings (SSSR count). The van der Waals surface area contributed by atoms with E-state index < -0.39 is 62.7 Å². The van der Waals surface area contributed by atoms with Crippen molar-refractivity contribution in [2.24, 2.45) is 10.8 Å². The first-order chi connectivity index (χ1) is 23.0. The topological polar surface area (TPSA) is 131 Å². The maximum Gasteiger partial charge on any atom is 0.0958 e. The molecule has 0 aliphatic rings. The summed E-state index contributed by atoms with van der Waals surface area (Å²) < 4.78 is 6.96. The molecule has 2 aromatic carbocycles. The molecular formula is C40H66O7. The Bertz CT molecular complexity index is 966. The largest absolute Gasteiger partial charge is 0.395 e. The van der Waals surface area contributed by atoms with Crippen LogP contribution in [0.3, 0.4) is 0 Å². The van der Waals surface area contributed by atoms with Crippen molar-refractivity contribution in [2.75, 3.05) is 39.6 Å². The second kappa shape index (κ2) is 23.5. The molecule has 0 spiro atoms. The van der Waals surface area contributed by atoms with Crippen LogP contribution in [-0.4, -0.2) is 70.3 Å². The van der Waals surface area contributed by atoms with Gasteiger partial charge in [0.25, 0.3) is 0 Å². The molecule has 2 aromatic rings. The molecule has 7 heteroatoms. The fourth-order valence-electron chi connectivity index (χ4n) is 6.61. The lowest BCUT2D eigenvalue weighted by molar-refractivity contribution is -0.193. The Morgan fingerprint density at radius 3 is 1.06 bits per heavy atom. The first-order valence-electron chi connectivity index (χ1n) is 18.4. The average Bonchev–Trinajstić information content (AvgIpc) is 3.12. The number of unbranched alkanes of at least 4 members (excludes halogenated alkanes) is 12. The van der Waals surface area contributed by atoms with Gasteiger partial charge in [-0.3, -0.25) is 0 Å². The summed E-state index contributed by atoms with van der Waals surface area (Å²) in [6, 6.07) is 15.6. The molecule has 0 amide bonds. The molecule has 0 heterocycles. The van der Waals surface area contributed by atoms with Gasteiger partial charge < -0.3 is 35.4 Å². The Morgan fingerprint density at radius 1 is 0.447 bits per heavy atom. The van der Waals surface area contributed by atoms with Gasteiger partial charge in [0, 0.05) is 0 Å². The zero-order valence-electron chi connectivity index (χ0n) is 29.4. The van der Waals surface area contributed by atoms with E-state index >= 15 is 0 Å². The van der Waals surface area contributed by atoms with Gasteiger partial charge in [0.05, 0.1) is 62.7 Å². The highest BCUT2D eigenvalue weighted by atomic mass is 16.5. The summed E-state index contributed by atoms with van der Waals surface area (Å²) in [5, 5.41) is 64.2. The lowest BCUT2D eigenvalue weighted by Gasteiger charge is -2.44. The van der Waals surface area contributed by atoms with Gasteiger partial charge in [-0.2, -0.15) is 0 Å². The van der Waals surface area contributed by atoms with Crippen LogP contribution in [0.5, 0.6) is 0 Å². The van der Waals surface area contributed by atoms with E-state index in [0.717, 1.165) is 60.8 Å². The summed E-state index contributed by atoms with van der Waals surface area (Å²) >= 11 is 0. The number of aryl methyl sites for hydroxylation is 2. The highest BCUT2D eigenvalue weighted by Gasteiger charge is 2.47. The van der Waals surface area contributed by atoms with Crippen LogP contribution >= 0.6 is 0 Å². The van der Waals surface area contributed by atoms with Gasteiger partial charge in [-0.15, -0.1) is 0 Å². The third-order valence-electron chi connectivity index (χ3n) is 10.0. The van der Waals surface area contributed by atoms with Gasteiger partial charge in [-0.05, 0) is 47.9 Å². The number of aliphatic hydroxyl groups excluding tert-OH is 6. The predicted molar refractivity (Wildman–Crippen MR) is 190 cm³/mol. The maximum atomic E-state index is 10.7. The van der Waals surface area contributed by atoms with Crippen molar-refractivity contribution < 1.29 is 35.4 Å². The Hall–Kier alpha value is -1.84. The fourth-order valence-corrected chi connectivity index (χ4v) is 6.61. The number of benzene rings is 2. The lowest BCUT2D eigenvalue weighted by atomic mass is 9.75. The molecule has 0 saturated heterocycles. The predicted octanol–water partition coefficient (Wildman–Crippen LogP) is 7.00. The molecule has 0 aliphatic carbocycles. The average molecular weight is 659 g/mol. The minimum absolute atomic E-state index is 0.548. The van der Waals surface area contributed by atoms with Crippen molar-refractivity contribution in [3.63, 3.8) is 0 Å². The molecule has 0 bridgehead atoms. The van der Waals surface area contributed by atoms with E-state index in [-0.39, 0.29) is 0 Å². The van der Waals surface area contributed by atoms with Gasteiger partial charge in [-0.25, -0.2) is 0 Å². The molecule has 268 valence electrons. The summed E-state index contributed by atoms with van der Waals surface area (Å²) in [6.07, 6.45) is 15.9. The molecule has 2 atom stereocenters. The van der Waals surface area contributed by atoms with E-state index in [1.165, 1.54) is 64.2 Å². The minimum Gasteiger partial charge on any atom is -0.395 e. The molecule has 7 nitrogen and oxygen atoms in total. The van der Waals surface area contributed by atoms with E-state index in [9.17, 15) is 30.6 Å². The summed E-state index contributed by atoms with van der Waals surface area (Å²) in [4.78, 5) is 0. The first kappa shape index (κ1) is 41.3. The summed E-state index contributed by atoms with van der Waals surface area (Å²) in [6.45, 7) is 1.14. The van der Waals surface area contributed by atoms with Gasteiger partial charge in [0.1, 0.15) is 0 Å². The van der Waals surface area contributed by atoms with E-state index in [4.69, 9.17) is 4.74 Å². The summed E-state index contributed by atoms with van der Waals surface area (Å²) in [5.41, 5.74) is 0.565. The van der Waals surface area contributed by atoms with Crippen LogP contribution in [0, 0.1) is 10.8 Å². The van der Waals surface area contributed by atoms with Gasteiger partial charge in [-0.1, -0.05) is 139 Å². The SMILES string of the molecule is CCCCCCCCCc1ccccc1C(OC(c1ccccc1CCCCCCCCC)C(CO)(CO)CO)C(CO)(CO)CO. The highest BCUT2D eigenvalue weighted by Crippen LogP contribution is 2.47. The van der Waals surface area contributed by atoms with Gasteiger partial charge in [0.2, 0.25) is 0 Å². The Balaban J connectivity index is 2.51. The smallest absolute Gasteiger partial charge is 0.0958 e. The number of aliphatic hydroxyl groups is 6. The van der Waals surface area contributed by atoms with Crippen LogP contribution in [0.2, 0.25) is 0 Å². The van der Waals surface area contributed by atoms with Crippen LogP contribution in [0.25, 0.3) is 0 Å². The van der Waals surface area contributed by atoms with Crippen molar-refractivity contribution in [3.8, 4) is 0 Å². The lowest BCUT2D eigenvalue weighted by Crippen LogP contribution is -2.47. The molecular weight excluding hydrogens is 592 g/mol. The van der Waals surface area contributed by atoms with E-state index in [0.29, 0.717) is 0 Å². The van der Waals surface area contributed by atoms with E-state index in [1.807, 2.05) is 48.5 Å². The van der Waals surface area contributed by atoms with Crippen LogP contribution in [0.1, 0.15) is 138 Å². The molecule has 6 N–H and O–H groups in total. The molecule has 0 saturated carbocycles. The number of hydrogen-bond acceptors (Lipinski definition) is 7. The molecule has 0 radical (unpaired) electrons. The van der Waals surface area contributed by atoms with Crippen LogP contribution in [-0.2, 0) is 17.6 Å². The van der Waals surface area contributed by atoms with Crippen molar-refractivity contribution in [1.29, 1.82) is 0 Å². The standard InChI is InChI=1S/C40H66O7/c1-3-5-7-9-11-13-15-21-33-23-17-19-25-35(33)37(39(27-41,28-42)29-43)47-38(40(30-44,31-45)32-46)36-26-20-18-24-34(36)22-16-14-12-10-8-6-4-2/h17-20,23-26,37-38,41-46H,3-16,21-22,27-32H2,1-2H3. The Labute approximate surface area is 285 Å². The van der Waals surface area contributed by atoms with Crippen LogP contribution in [0.4, 0.5) is 0 Å². The number of rotatable bonds is 28.